The molecule has 31 heteroatoms. The Morgan fingerprint density at radius 2 is 0.536 bits per heavy atom. The highest BCUT2D eigenvalue weighted by molar-refractivity contribution is 4.99. The van der Waals surface area contributed by atoms with Crippen molar-refractivity contribution in [3.05, 3.63) is 0 Å². The van der Waals surface area contributed by atoms with Crippen molar-refractivity contribution >= 4 is 0 Å². The minimum absolute atomic E-state index is 0.708. The molecule has 0 radical (unpaired) electrons. The molecular formula is C38H66O31. The average Bonchev–Trinajstić information content (AvgIpc) is 3.34. The molecule has 6 saturated heterocycles. The molecule has 0 aromatic carbocycles. The number of hydrogen-bond acceptors (Lipinski definition) is 31. The van der Waals surface area contributed by atoms with Crippen molar-refractivity contribution < 1.29 is 153 Å². The SMILES string of the molecule is CO[C@H]1C(CO)O[C@@H](O[C@H]2C(CO)O[C@H](OCC3O[C@@H](O[C@H]4C(CO)O[C@@H](O)C(O)[C@@H]4O)C(O)[C@H](O)[C@H]3O[C@@H]3OC(CO)[C@H](O[C@@H]4OC(CO)[C@H](OC)[C@@H](O)C4O)[C@@H](O)C3O)C(O)[C@@H]2O)C(O)[C@@H]1O. The topological polar surface area (TPSA) is 484 Å². The number of hydrogen-bond donors (Lipinski definition) is 18. The van der Waals surface area contributed by atoms with E-state index in [0.717, 1.165) is 0 Å². The van der Waals surface area contributed by atoms with Crippen molar-refractivity contribution in [3.63, 3.8) is 0 Å². The molecule has 0 aromatic heterocycles. The van der Waals surface area contributed by atoms with Crippen LogP contribution in [0.4, 0.5) is 0 Å². The van der Waals surface area contributed by atoms with Crippen LogP contribution in [0.3, 0.4) is 0 Å². The standard InChI is InChI=1S/C38H66O31/c1-57-27-9(3-39)62-35(23(52)16(27)45)67-30-12(6-42)61-34(22(51)18(30)47)59-8-14-32(20(49)26(55)38(65-14)66-29-11(5-41)60-33(56)21(50)15(29)44)69-37-25(54)19(48)31(13(7-43)64-37)68-36-24(53)17(46)28(58-2)10(4-40)63-36/h9-56H,3-8H2,1-2H3/t9?,10?,11?,12?,13?,14?,15-,16-,17-,18-,19-,20-,21?,22?,23?,24?,25?,26?,27-,28-,29-,30-,31-,32-,33+,34-,35-,36-,37-,38-/m0/s1. The summed E-state index contributed by atoms with van der Waals surface area (Å²) in [6.45, 7) is -5.22. The Bertz CT molecular complexity index is 1530. The van der Waals surface area contributed by atoms with Crippen LogP contribution in [0.15, 0.2) is 0 Å². The lowest BCUT2D eigenvalue weighted by Crippen LogP contribution is -2.68. The zero-order valence-corrected chi connectivity index (χ0v) is 36.9. The minimum atomic E-state index is -2.21. The molecular weight excluding hydrogens is 952 g/mol. The van der Waals surface area contributed by atoms with E-state index in [0.29, 0.717) is 0 Å². The summed E-state index contributed by atoms with van der Waals surface area (Å²) in [4.78, 5) is 0. The normalized spacial score (nSPS) is 52.2. The van der Waals surface area contributed by atoms with E-state index in [1.165, 1.54) is 14.2 Å². The summed E-state index contributed by atoms with van der Waals surface area (Å²) in [7, 11) is 2.37. The van der Waals surface area contributed by atoms with Gasteiger partial charge in [-0.3, -0.25) is 0 Å². The van der Waals surface area contributed by atoms with Gasteiger partial charge in [0.25, 0.3) is 0 Å². The molecule has 0 aliphatic carbocycles. The first kappa shape index (κ1) is 57.0. The number of ether oxygens (including phenoxy) is 13. The Kier molecular flexibility index (Phi) is 20.6. The maximum absolute atomic E-state index is 11.6. The van der Waals surface area contributed by atoms with Crippen LogP contribution in [0.5, 0.6) is 0 Å². The smallest absolute Gasteiger partial charge is 0.187 e. The molecule has 6 rings (SSSR count). The second-order valence-corrected chi connectivity index (χ2v) is 17.2. The van der Waals surface area contributed by atoms with Gasteiger partial charge in [-0.05, 0) is 0 Å². The van der Waals surface area contributed by atoms with Crippen molar-refractivity contribution in [2.75, 3.05) is 53.9 Å². The maximum atomic E-state index is 11.6. The number of methoxy groups -OCH3 is 2. The zero-order chi connectivity index (χ0) is 50.8. The van der Waals surface area contributed by atoms with E-state index in [1.54, 1.807) is 0 Å². The lowest BCUT2D eigenvalue weighted by molar-refractivity contribution is -0.393. The summed E-state index contributed by atoms with van der Waals surface area (Å²) in [5, 5.41) is 191. The van der Waals surface area contributed by atoms with Crippen LogP contribution in [0.2, 0.25) is 0 Å². The molecule has 404 valence electrons. The first-order valence-corrected chi connectivity index (χ1v) is 21.9. The molecule has 6 heterocycles. The summed E-state index contributed by atoms with van der Waals surface area (Å²) in [5.74, 6) is 0. The van der Waals surface area contributed by atoms with Gasteiger partial charge in [-0.1, -0.05) is 0 Å². The number of rotatable bonds is 18. The molecule has 0 saturated carbocycles. The van der Waals surface area contributed by atoms with Gasteiger partial charge >= 0.3 is 0 Å². The first-order chi connectivity index (χ1) is 32.8. The minimum Gasteiger partial charge on any atom is -0.394 e. The largest absolute Gasteiger partial charge is 0.394 e. The van der Waals surface area contributed by atoms with E-state index in [4.69, 9.17) is 61.6 Å². The fourth-order valence-corrected chi connectivity index (χ4v) is 8.97. The molecule has 31 nitrogen and oxygen atoms in total. The van der Waals surface area contributed by atoms with Crippen molar-refractivity contribution in [1.29, 1.82) is 0 Å². The molecule has 0 aromatic rings. The number of aliphatic hydroxyl groups is 18. The fourth-order valence-electron chi connectivity index (χ4n) is 8.97. The van der Waals surface area contributed by atoms with E-state index >= 15 is 0 Å². The Hall–Kier alpha value is -1.24. The second kappa shape index (κ2) is 24.9. The van der Waals surface area contributed by atoms with Gasteiger partial charge in [0.2, 0.25) is 0 Å². The summed E-state index contributed by atoms with van der Waals surface area (Å²) in [6, 6.07) is 0. The molecule has 12 unspecified atom stereocenters. The van der Waals surface area contributed by atoms with Gasteiger partial charge < -0.3 is 153 Å². The van der Waals surface area contributed by atoms with Crippen LogP contribution in [0.25, 0.3) is 0 Å². The molecule has 69 heavy (non-hydrogen) atoms. The van der Waals surface area contributed by atoms with E-state index < -0.39 is 224 Å². The first-order valence-electron chi connectivity index (χ1n) is 21.9. The van der Waals surface area contributed by atoms with Crippen molar-refractivity contribution in [2.24, 2.45) is 0 Å². The molecule has 6 fully saturated rings. The highest BCUT2D eigenvalue weighted by Crippen LogP contribution is 2.36. The quantitative estimate of drug-likeness (QED) is 0.0606. The Morgan fingerprint density at radius 1 is 0.290 bits per heavy atom. The summed E-state index contributed by atoms with van der Waals surface area (Å²) >= 11 is 0. The van der Waals surface area contributed by atoms with Crippen LogP contribution in [-0.4, -0.2) is 330 Å². The Morgan fingerprint density at radius 3 is 0.870 bits per heavy atom. The summed E-state index contributed by atoms with van der Waals surface area (Å²) in [5.41, 5.74) is 0. The maximum Gasteiger partial charge on any atom is 0.187 e. The average molecular weight is 1020 g/mol. The predicted molar refractivity (Wildman–Crippen MR) is 209 cm³/mol. The molecule has 6 aliphatic heterocycles. The molecule has 0 spiro atoms. The van der Waals surface area contributed by atoms with Crippen LogP contribution < -0.4 is 0 Å². The van der Waals surface area contributed by atoms with Gasteiger partial charge in [-0.2, -0.15) is 0 Å². The third kappa shape index (κ3) is 11.8. The second-order valence-electron chi connectivity index (χ2n) is 17.2. The van der Waals surface area contributed by atoms with Crippen molar-refractivity contribution in [2.45, 2.75) is 184 Å². The monoisotopic (exact) mass is 1020 g/mol. The summed E-state index contributed by atoms with van der Waals surface area (Å²) < 4.78 is 72.2. The van der Waals surface area contributed by atoms with E-state index in [2.05, 4.69) is 0 Å². The molecule has 18 N–H and O–H groups in total. The van der Waals surface area contributed by atoms with E-state index in [1.807, 2.05) is 0 Å². The molecule has 0 bridgehead atoms. The molecule has 6 aliphatic rings. The van der Waals surface area contributed by atoms with Gasteiger partial charge in [0.15, 0.2) is 37.7 Å². The lowest BCUT2D eigenvalue weighted by atomic mass is 9.95. The third-order valence-corrected chi connectivity index (χ3v) is 12.9. The van der Waals surface area contributed by atoms with Crippen LogP contribution in [0.1, 0.15) is 0 Å². The molecule has 30 atom stereocenters. The van der Waals surface area contributed by atoms with Crippen LogP contribution >= 0.6 is 0 Å². The number of aliphatic hydroxyl groups excluding tert-OH is 18. The van der Waals surface area contributed by atoms with Crippen molar-refractivity contribution in [1.82, 2.24) is 0 Å². The zero-order valence-electron chi connectivity index (χ0n) is 36.9. The highest BCUT2D eigenvalue weighted by Gasteiger charge is 2.57. The van der Waals surface area contributed by atoms with Gasteiger partial charge in [-0.15, -0.1) is 0 Å². The van der Waals surface area contributed by atoms with Crippen LogP contribution in [-0.2, 0) is 61.6 Å². The van der Waals surface area contributed by atoms with Gasteiger partial charge in [0.1, 0.15) is 146 Å². The van der Waals surface area contributed by atoms with Crippen molar-refractivity contribution in [3.8, 4) is 0 Å². The predicted octanol–water partition coefficient (Wildman–Crippen LogP) is -12.8. The van der Waals surface area contributed by atoms with Gasteiger partial charge in [0.05, 0.1) is 39.6 Å². The fraction of sp³-hybridized carbons (Fsp3) is 1.00. The lowest BCUT2D eigenvalue weighted by Gasteiger charge is -2.49. The molecule has 0 amide bonds. The van der Waals surface area contributed by atoms with Gasteiger partial charge in [0, 0.05) is 14.2 Å². The third-order valence-electron chi connectivity index (χ3n) is 12.9. The van der Waals surface area contributed by atoms with Crippen LogP contribution in [0, 0.1) is 0 Å². The van der Waals surface area contributed by atoms with Gasteiger partial charge in [-0.25, -0.2) is 0 Å². The Labute approximate surface area is 391 Å². The highest BCUT2D eigenvalue weighted by atomic mass is 16.8. The summed E-state index contributed by atoms with van der Waals surface area (Å²) in [6.07, 6.45) is -54.3. The Balaban J connectivity index is 1.20. The van der Waals surface area contributed by atoms with E-state index in [-0.39, 0.29) is 0 Å². The van der Waals surface area contributed by atoms with E-state index in [9.17, 15) is 91.9 Å².